The van der Waals surface area contributed by atoms with Gasteiger partial charge in [-0.1, -0.05) is 29.4 Å². The van der Waals surface area contributed by atoms with E-state index in [0.29, 0.717) is 40.2 Å². The van der Waals surface area contributed by atoms with Crippen molar-refractivity contribution < 1.29 is 23.6 Å². The smallest absolute Gasteiger partial charge is 0.253 e. The van der Waals surface area contributed by atoms with Gasteiger partial charge < -0.3 is 24.6 Å². The van der Waals surface area contributed by atoms with Gasteiger partial charge in [-0.15, -0.1) is 0 Å². The molecule has 1 unspecified atom stereocenters. The van der Waals surface area contributed by atoms with Crippen molar-refractivity contribution in [3.05, 3.63) is 90.1 Å². The van der Waals surface area contributed by atoms with Crippen molar-refractivity contribution in [2.75, 3.05) is 20.2 Å². The summed E-state index contributed by atoms with van der Waals surface area (Å²) in [5, 5.41) is 9.36. The van der Waals surface area contributed by atoms with Gasteiger partial charge in [-0.2, -0.15) is 0 Å². The minimum Gasteiger partial charge on any atom is -0.489 e. The lowest BCUT2D eigenvalue weighted by Crippen LogP contribution is -2.30. The summed E-state index contributed by atoms with van der Waals surface area (Å²) in [5.74, 6) is -0.778. The molecule has 37 heavy (non-hydrogen) atoms. The molecular formula is C27H24FN5O4. The highest BCUT2D eigenvalue weighted by molar-refractivity contribution is 5.98. The zero-order valence-electron chi connectivity index (χ0n) is 20.0. The molecule has 1 aliphatic heterocycles. The molecule has 10 heteroatoms. The zero-order valence-corrected chi connectivity index (χ0v) is 20.0. The summed E-state index contributed by atoms with van der Waals surface area (Å²) >= 11 is 0. The summed E-state index contributed by atoms with van der Waals surface area (Å²) < 4.78 is 22.3. The Labute approximate surface area is 211 Å². The van der Waals surface area contributed by atoms with Gasteiger partial charge >= 0.3 is 0 Å². The van der Waals surface area contributed by atoms with Crippen molar-refractivity contribution in [2.24, 2.45) is 5.16 Å². The fourth-order valence-corrected chi connectivity index (χ4v) is 4.03. The first-order chi connectivity index (χ1) is 18.0. The van der Waals surface area contributed by atoms with Crippen LogP contribution >= 0.6 is 0 Å². The number of pyridine rings is 1. The van der Waals surface area contributed by atoms with E-state index in [-0.39, 0.29) is 30.7 Å². The standard InChI is InChI=1S/C27H24FN5O4/c1-29-27(35)22-7-6-17(12-23(22)28)21-4-2-3-5-24(21)36-16-20-14-19(32-37-20)15-31-26(34)18-8-10-33-11-9-30-25(33)13-18/h2-13,20H,14-16H2,1H3,(H,29,35)(H,31,34). The highest BCUT2D eigenvalue weighted by Crippen LogP contribution is 2.31. The molecule has 2 amide bonds. The Hall–Kier alpha value is -4.73. The number of oxime groups is 1. The quantitative estimate of drug-likeness (QED) is 0.385. The van der Waals surface area contributed by atoms with Gasteiger partial charge in [0.15, 0.2) is 6.10 Å². The number of nitrogens with zero attached hydrogens (tertiary/aromatic N) is 3. The average Bonchev–Trinajstić information content (AvgIpc) is 3.59. The largest absolute Gasteiger partial charge is 0.489 e. The maximum Gasteiger partial charge on any atom is 0.253 e. The average molecular weight is 502 g/mol. The lowest BCUT2D eigenvalue weighted by Gasteiger charge is -2.14. The second-order valence-corrected chi connectivity index (χ2v) is 8.46. The van der Waals surface area contributed by atoms with Crippen LogP contribution in [0, 0.1) is 5.82 Å². The van der Waals surface area contributed by atoms with Gasteiger partial charge in [0.05, 0.1) is 17.8 Å². The minimum atomic E-state index is -0.615. The number of para-hydroxylation sites is 1. The number of imidazole rings is 1. The summed E-state index contributed by atoms with van der Waals surface area (Å²) in [7, 11) is 1.45. The van der Waals surface area contributed by atoms with Crippen molar-refractivity contribution in [2.45, 2.75) is 12.5 Å². The Bertz CT molecular complexity index is 1500. The SMILES string of the molecule is CNC(=O)c1ccc(-c2ccccc2OCC2CC(CNC(=O)c3ccn4ccnc4c3)=NO2)cc1F. The van der Waals surface area contributed by atoms with Gasteiger partial charge in [-0.05, 0) is 35.9 Å². The number of carbonyl (C=O) groups excluding carboxylic acids is 2. The molecule has 9 nitrogen and oxygen atoms in total. The Kier molecular flexibility index (Phi) is 6.80. The van der Waals surface area contributed by atoms with Crippen LogP contribution in [0.4, 0.5) is 4.39 Å². The van der Waals surface area contributed by atoms with E-state index in [4.69, 9.17) is 9.57 Å². The number of ether oxygens (including phenoxy) is 1. The number of carbonyl (C=O) groups is 2. The van der Waals surface area contributed by atoms with Crippen LogP contribution in [0.1, 0.15) is 27.1 Å². The van der Waals surface area contributed by atoms with Crippen LogP contribution in [0.2, 0.25) is 0 Å². The van der Waals surface area contributed by atoms with Gasteiger partial charge in [0, 0.05) is 43.2 Å². The predicted molar refractivity (Wildman–Crippen MR) is 135 cm³/mol. The van der Waals surface area contributed by atoms with Crippen molar-refractivity contribution in [1.82, 2.24) is 20.0 Å². The molecule has 2 aromatic heterocycles. The summed E-state index contributed by atoms with van der Waals surface area (Å²) in [6.45, 7) is 0.468. The van der Waals surface area contributed by atoms with Gasteiger partial charge in [0.25, 0.3) is 11.8 Å². The fourth-order valence-electron chi connectivity index (χ4n) is 4.03. The molecule has 188 valence electrons. The highest BCUT2D eigenvalue weighted by Gasteiger charge is 2.23. The van der Waals surface area contributed by atoms with Crippen molar-refractivity contribution in [1.29, 1.82) is 0 Å². The summed E-state index contributed by atoms with van der Waals surface area (Å²) in [6, 6.07) is 15.1. The summed E-state index contributed by atoms with van der Waals surface area (Å²) in [6.07, 6.45) is 5.43. The normalized spacial score (nSPS) is 14.6. The molecule has 1 aliphatic rings. The molecule has 2 aromatic carbocycles. The number of amides is 2. The monoisotopic (exact) mass is 501 g/mol. The van der Waals surface area contributed by atoms with E-state index in [2.05, 4.69) is 20.8 Å². The zero-order chi connectivity index (χ0) is 25.8. The van der Waals surface area contributed by atoms with Crippen molar-refractivity contribution in [3.8, 4) is 16.9 Å². The molecule has 0 saturated heterocycles. The summed E-state index contributed by atoms with van der Waals surface area (Å²) in [4.78, 5) is 34.0. The van der Waals surface area contributed by atoms with Crippen molar-refractivity contribution >= 4 is 23.2 Å². The molecule has 0 aliphatic carbocycles. The van der Waals surface area contributed by atoms with E-state index in [0.717, 1.165) is 0 Å². The lowest BCUT2D eigenvalue weighted by atomic mass is 10.0. The molecule has 3 heterocycles. The molecule has 0 fully saturated rings. The molecule has 0 spiro atoms. The second kappa shape index (κ2) is 10.5. The molecule has 0 radical (unpaired) electrons. The van der Waals surface area contributed by atoms with E-state index < -0.39 is 11.7 Å². The lowest BCUT2D eigenvalue weighted by molar-refractivity contribution is 0.0472. The van der Waals surface area contributed by atoms with Gasteiger partial charge in [-0.25, -0.2) is 9.37 Å². The van der Waals surface area contributed by atoms with E-state index in [1.54, 1.807) is 36.7 Å². The maximum atomic E-state index is 14.5. The number of halogens is 1. The van der Waals surface area contributed by atoms with Crippen LogP contribution in [-0.2, 0) is 4.84 Å². The summed E-state index contributed by atoms with van der Waals surface area (Å²) in [5.41, 5.74) is 3.14. The van der Waals surface area contributed by atoms with Gasteiger partial charge in [-0.3, -0.25) is 9.59 Å². The number of nitrogens with one attached hydrogen (secondary N) is 2. The Morgan fingerprint density at radius 3 is 2.84 bits per heavy atom. The number of aromatic nitrogens is 2. The molecule has 4 aromatic rings. The molecule has 1 atom stereocenters. The highest BCUT2D eigenvalue weighted by atomic mass is 19.1. The van der Waals surface area contributed by atoms with Crippen LogP contribution < -0.4 is 15.4 Å². The Morgan fingerprint density at radius 1 is 1.14 bits per heavy atom. The third kappa shape index (κ3) is 5.27. The predicted octanol–water partition coefficient (Wildman–Crippen LogP) is 3.45. The third-order valence-corrected chi connectivity index (χ3v) is 5.97. The van der Waals surface area contributed by atoms with E-state index in [1.165, 1.54) is 19.2 Å². The van der Waals surface area contributed by atoms with Crippen LogP contribution in [-0.4, -0.2) is 53.2 Å². The van der Waals surface area contributed by atoms with Crippen LogP contribution in [0.15, 0.2) is 78.3 Å². The Morgan fingerprint density at radius 2 is 2.00 bits per heavy atom. The minimum absolute atomic E-state index is 0.0251. The first kappa shape index (κ1) is 24.0. The Balaban J connectivity index is 1.16. The van der Waals surface area contributed by atoms with Crippen LogP contribution in [0.25, 0.3) is 16.8 Å². The first-order valence-electron chi connectivity index (χ1n) is 11.7. The topological polar surface area (TPSA) is 106 Å². The van der Waals surface area contributed by atoms with Gasteiger partial charge in [0.1, 0.15) is 23.8 Å². The molecular weight excluding hydrogens is 477 g/mol. The third-order valence-electron chi connectivity index (χ3n) is 5.97. The number of rotatable bonds is 8. The fraction of sp³-hybridized carbons (Fsp3) is 0.185. The molecule has 5 rings (SSSR count). The molecule has 2 N–H and O–H groups in total. The van der Waals surface area contributed by atoms with E-state index in [9.17, 15) is 14.0 Å². The number of hydrogen-bond donors (Lipinski definition) is 2. The van der Waals surface area contributed by atoms with E-state index in [1.807, 2.05) is 28.8 Å². The number of hydrogen-bond acceptors (Lipinski definition) is 6. The molecule has 0 bridgehead atoms. The van der Waals surface area contributed by atoms with Crippen LogP contribution in [0.5, 0.6) is 5.75 Å². The van der Waals surface area contributed by atoms with Crippen molar-refractivity contribution in [3.63, 3.8) is 0 Å². The maximum absolute atomic E-state index is 14.5. The van der Waals surface area contributed by atoms with Crippen LogP contribution in [0.3, 0.4) is 0 Å². The van der Waals surface area contributed by atoms with Gasteiger partial charge in [0.2, 0.25) is 0 Å². The first-order valence-corrected chi connectivity index (χ1v) is 11.7. The second-order valence-electron chi connectivity index (χ2n) is 8.46. The number of benzene rings is 2. The number of fused-ring (bicyclic) bond motifs is 1. The van der Waals surface area contributed by atoms with E-state index >= 15 is 0 Å². The molecule has 0 saturated carbocycles.